The first-order valence-electron chi connectivity index (χ1n) is 5.30. The maximum absolute atomic E-state index is 13.1. The quantitative estimate of drug-likeness (QED) is 0.842. The first-order valence-corrected chi connectivity index (χ1v) is 5.30. The molecule has 1 N–H and O–H groups in total. The van der Waals surface area contributed by atoms with E-state index < -0.39 is 17.7 Å². The van der Waals surface area contributed by atoms with E-state index in [0.717, 1.165) is 18.6 Å². The lowest BCUT2D eigenvalue weighted by molar-refractivity contribution is 0.0606. The van der Waals surface area contributed by atoms with Crippen LogP contribution in [0, 0.1) is 17.6 Å². The maximum atomic E-state index is 13.1. The number of ether oxygens (including phenoxy) is 1. The number of hydrogen-bond acceptors (Lipinski definition) is 2. The number of hydrogen-bond donors (Lipinski definition) is 1. The van der Waals surface area contributed by atoms with Gasteiger partial charge in [-0.05, 0) is 18.1 Å². The molecule has 0 saturated heterocycles. The Hall–Kier alpha value is -1.16. The van der Waals surface area contributed by atoms with Gasteiger partial charge in [-0.1, -0.05) is 20.3 Å². The largest absolute Gasteiger partial charge is 0.488 e. The molecule has 0 aliphatic heterocycles. The van der Waals surface area contributed by atoms with Gasteiger partial charge in [-0.2, -0.15) is 0 Å². The third-order valence-electron chi connectivity index (χ3n) is 2.60. The summed E-state index contributed by atoms with van der Waals surface area (Å²) in [6, 6.07) is 3.09. The van der Waals surface area contributed by atoms with Crippen LogP contribution in [0.5, 0.6) is 5.75 Å². The fraction of sp³-hybridized carbons (Fsp3) is 0.500. The Bertz CT molecular complexity index is 342. The van der Waals surface area contributed by atoms with Crippen LogP contribution in [0.1, 0.15) is 20.3 Å². The smallest absolute Gasteiger partial charge is 0.167 e. The second kappa shape index (κ2) is 5.80. The highest BCUT2D eigenvalue weighted by molar-refractivity contribution is 5.24. The van der Waals surface area contributed by atoms with Crippen LogP contribution in [-0.4, -0.2) is 17.8 Å². The molecule has 2 atom stereocenters. The molecule has 0 aliphatic rings. The van der Waals surface area contributed by atoms with Crippen molar-refractivity contribution in [3.8, 4) is 5.75 Å². The average molecular weight is 230 g/mol. The van der Waals surface area contributed by atoms with E-state index in [1.54, 1.807) is 0 Å². The number of aliphatic hydroxyl groups excluding tert-OH is 1. The standard InChI is InChI=1S/C12H16F2O2/c1-3-8(2)11(15)7-16-12-5-4-9(13)6-10(12)14/h4-6,8,11,15H,3,7H2,1-2H3. The van der Waals surface area contributed by atoms with Crippen molar-refractivity contribution in [1.82, 2.24) is 0 Å². The van der Waals surface area contributed by atoms with Gasteiger partial charge in [0.05, 0.1) is 6.10 Å². The topological polar surface area (TPSA) is 29.5 Å². The summed E-state index contributed by atoms with van der Waals surface area (Å²) in [5.41, 5.74) is 0. The van der Waals surface area contributed by atoms with E-state index in [4.69, 9.17) is 4.74 Å². The van der Waals surface area contributed by atoms with Gasteiger partial charge in [-0.15, -0.1) is 0 Å². The predicted octanol–water partition coefficient (Wildman–Crippen LogP) is 2.75. The number of aliphatic hydroxyl groups is 1. The molecule has 0 radical (unpaired) electrons. The van der Waals surface area contributed by atoms with Gasteiger partial charge < -0.3 is 9.84 Å². The fourth-order valence-electron chi connectivity index (χ4n) is 1.20. The molecule has 0 spiro atoms. The Kier molecular flexibility index (Phi) is 4.68. The maximum Gasteiger partial charge on any atom is 0.167 e. The Morgan fingerprint density at radius 3 is 2.62 bits per heavy atom. The molecule has 2 unspecified atom stereocenters. The third kappa shape index (κ3) is 3.45. The normalized spacial score (nSPS) is 14.6. The molecule has 2 nitrogen and oxygen atoms in total. The molecule has 4 heteroatoms. The Morgan fingerprint density at radius 2 is 2.06 bits per heavy atom. The molecule has 0 fully saturated rings. The van der Waals surface area contributed by atoms with Crippen LogP contribution in [0.15, 0.2) is 18.2 Å². The molecule has 1 rings (SSSR count). The molecule has 0 amide bonds. The Balaban J connectivity index is 2.54. The van der Waals surface area contributed by atoms with Gasteiger partial charge in [-0.3, -0.25) is 0 Å². The monoisotopic (exact) mass is 230 g/mol. The molecule has 1 aromatic carbocycles. The van der Waals surface area contributed by atoms with E-state index in [0.29, 0.717) is 0 Å². The van der Waals surface area contributed by atoms with Crippen LogP contribution in [0.4, 0.5) is 8.78 Å². The highest BCUT2D eigenvalue weighted by Crippen LogP contribution is 2.18. The Labute approximate surface area is 93.9 Å². The van der Waals surface area contributed by atoms with Gasteiger partial charge in [0, 0.05) is 6.07 Å². The average Bonchev–Trinajstić information content (AvgIpc) is 2.26. The van der Waals surface area contributed by atoms with Crippen LogP contribution in [-0.2, 0) is 0 Å². The van der Waals surface area contributed by atoms with Gasteiger partial charge >= 0.3 is 0 Å². The van der Waals surface area contributed by atoms with Crippen LogP contribution < -0.4 is 4.74 Å². The lowest BCUT2D eigenvalue weighted by atomic mass is 10.0. The predicted molar refractivity (Wildman–Crippen MR) is 57.3 cm³/mol. The van der Waals surface area contributed by atoms with Gasteiger partial charge in [0.1, 0.15) is 12.4 Å². The van der Waals surface area contributed by atoms with Crippen LogP contribution in [0.3, 0.4) is 0 Å². The molecule has 0 bridgehead atoms. The summed E-state index contributed by atoms with van der Waals surface area (Å²) in [6.45, 7) is 3.85. The second-order valence-electron chi connectivity index (χ2n) is 3.84. The van der Waals surface area contributed by atoms with Crippen molar-refractivity contribution in [3.63, 3.8) is 0 Å². The molecular weight excluding hydrogens is 214 g/mol. The van der Waals surface area contributed by atoms with Crippen LogP contribution in [0.2, 0.25) is 0 Å². The summed E-state index contributed by atoms with van der Waals surface area (Å²) in [7, 11) is 0. The highest BCUT2D eigenvalue weighted by atomic mass is 19.1. The zero-order valence-electron chi connectivity index (χ0n) is 9.41. The SMILES string of the molecule is CCC(C)C(O)COc1ccc(F)cc1F. The van der Waals surface area contributed by atoms with E-state index in [2.05, 4.69) is 0 Å². The van der Waals surface area contributed by atoms with Crippen LogP contribution in [0.25, 0.3) is 0 Å². The van der Waals surface area contributed by atoms with Crippen molar-refractivity contribution in [1.29, 1.82) is 0 Å². The van der Waals surface area contributed by atoms with E-state index in [1.807, 2.05) is 13.8 Å². The minimum absolute atomic E-state index is 0.0115. The van der Waals surface area contributed by atoms with Gasteiger partial charge in [0.25, 0.3) is 0 Å². The summed E-state index contributed by atoms with van der Waals surface area (Å²) in [6.07, 6.45) is 0.172. The summed E-state index contributed by atoms with van der Waals surface area (Å²) in [4.78, 5) is 0. The number of rotatable bonds is 5. The lowest BCUT2D eigenvalue weighted by Crippen LogP contribution is -2.25. The first kappa shape index (κ1) is 12.9. The van der Waals surface area contributed by atoms with Crippen molar-refractivity contribution in [3.05, 3.63) is 29.8 Å². The highest BCUT2D eigenvalue weighted by Gasteiger charge is 2.14. The van der Waals surface area contributed by atoms with Gasteiger partial charge in [0.2, 0.25) is 0 Å². The van der Waals surface area contributed by atoms with Gasteiger partial charge in [0.15, 0.2) is 11.6 Å². The molecule has 90 valence electrons. The molecule has 1 aromatic rings. The molecular formula is C12H16F2O2. The van der Waals surface area contributed by atoms with Crippen molar-refractivity contribution in [2.75, 3.05) is 6.61 Å². The van der Waals surface area contributed by atoms with Crippen molar-refractivity contribution in [2.24, 2.45) is 5.92 Å². The van der Waals surface area contributed by atoms with Crippen molar-refractivity contribution < 1.29 is 18.6 Å². The van der Waals surface area contributed by atoms with E-state index in [9.17, 15) is 13.9 Å². The van der Waals surface area contributed by atoms with E-state index in [1.165, 1.54) is 6.07 Å². The Morgan fingerprint density at radius 1 is 1.38 bits per heavy atom. The van der Waals surface area contributed by atoms with Crippen molar-refractivity contribution >= 4 is 0 Å². The molecule has 16 heavy (non-hydrogen) atoms. The van der Waals surface area contributed by atoms with E-state index in [-0.39, 0.29) is 18.3 Å². The zero-order chi connectivity index (χ0) is 12.1. The van der Waals surface area contributed by atoms with E-state index >= 15 is 0 Å². The zero-order valence-corrected chi connectivity index (χ0v) is 9.41. The minimum Gasteiger partial charge on any atom is -0.488 e. The third-order valence-corrected chi connectivity index (χ3v) is 2.60. The minimum atomic E-state index is -0.753. The van der Waals surface area contributed by atoms with Crippen LogP contribution >= 0.6 is 0 Å². The lowest BCUT2D eigenvalue weighted by Gasteiger charge is -2.17. The summed E-state index contributed by atoms with van der Waals surface area (Å²) < 4.78 is 30.8. The molecule has 0 saturated carbocycles. The molecule has 0 heterocycles. The summed E-state index contributed by atoms with van der Waals surface area (Å²) in [5.74, 6) is -1.35. The van der Waals surface area contributed by atoms with Gasteiger partial charge in [-0.25, -0.2) is 8.78 Å². The molecule has 0 aliphatic carbocycles. The van der Waals surface area contributed by atoms with Crippen molar-refractivity contribution in [2.45, 2.75) is 26.4 Å². The number of benzene rings is 1. The summed E-state index contributed by atoms with van der Waals surface area (Å²) in [5, 5.41) is 9.60. The number of halogens is 2. The molecule has 0 aromatic heterocycles. The summed E-state index contributed by atoms with van der Waals surface area (Å²) >= 11 is 0. The fourth-order valence-corrected chi connectivity index (χ4v) is 1.20. The second-order valence-corrected chi connectivity index (χ2v) is 3.84. The first-order chi connectivity index (χ1) is 7.54.